The molecule has 7 heteroatoms. The molecule has 2 aromatic carbocycles. The van der Waals surface area contributed by atoms with E-state index in [0.717, 1.165) is 66.1 Å². The average Bonchev–Trinajstić information content (AvgIpc) is 2.73. The molecule has 2 heterocycles. The minimum absolute atomic E-state index is 0.317. The third-order valence-corrected chi connectivity index (χ3v) is 6.81. The Morgan fingerprint density at radius 2 is 1.53 bits per heavy atom. The largest absolute Gasteiger partial charge is 0.416 e. The molecule has 1 fully saturated rings. The molecular weight excluding hydrogens is 412 g/mol. The molecule has 2 aliphatic rings. The SMILES string of the molecule is FCCN1CCN(CCC=C2c3ccccc3Sc3ccc(C(F)(F)F)cc32)CC1. The first kappa shape index (κ1) is 21.4. The van der Waals surface area contributed by atoms with Gasteiger partial charge in [0.15, 0.2) is 0 Å². The minimum atomic E-state index is -4.36. The van der Waals surface area contributed by atoms with Crippen molar-refractivity contribution in [2.24, 2.45) is 0 Å². The van der Waals surface area contributed by atoms with Gasteiger partial charge in [-0.25, -0.2) is 4.39 Å². The molecule has 1 saturated heterocycles. The van der Waals surface area contributed by atoms with Crippen molar-refractivity contribution >= 4 is 17.3 Å². The molecule has 0 atom stereocenters. The number of fused-ring (bicyclic) bond motifs is 2. The summed E-state index contributed by atoms with van der Waals surface area (Å²) >= 11 is 1.52. The first-order chi connectivity index (χ1) is 14.5. The predicted octanol–water partition coefficient (Wildman–Crippen LogP) is 5.58. The van der Waals surface area contributed by atoms with E-state index in [9.17, 15) is 17.6 Å². The molecule has 0 unspecified atom stereocenters. The lowest BCUT2D eigenvalue weighted by atomic mass is 9.94. The average molecular weight is 437 g/mol. The molecule has 2 nitrogen and oxygen atoms in total. The number of nitrogens with zero attached hydrogens (tertiary/aromatic N) is 2. The molecule has 0 bridgehead atoms. The Morgan fingerprint density at radius 3 is 2.23 bits per heavy atom. The van der Waals surface area contributed by atoms with Gasteiger partial charge in [0.05, 0.1) is 5.56 Å². The summed E-state index contributed by atoms with van der Waals surface area (Å²) in [6.07, 6.45) is -1.53. The van der Waals surface area contributed by atoms with E-state index in [1.807, 2.05) is 24.3 Å². The fraction of sp³-hybridized carbons (Fsp3) is 0.391. The molecule has 0 spiro atoms. The van der Waals surface area contributed by atoms with E-state index in [1.165, 1.54) is 17.8 Å². The highest BCUT2D eigenvalue weighted by Gasteiger charge is 2.32. The van der Waals surface area contributed by atoms with Gasteiger partial charge in [-0.1, -0.05) is 36.0 Å². The number of alkyl halides is 4. The van der Waals surface area contributed by atoms with E-state index in [4.69, 9.17) is 0 Å². The smallest absolute Gasteiger partial charge is 0.300 e. The number of hydrogen-bond donors (Lipinski definition) is 0. The Balaban J connectivity index is 1.55. The van der Waals surface area contributed by atoms with Crippen molar-refractivity contribution in [3.8, 4) is 0 Å². The zero-order chi connectivity index (χ0) is 21.1. The summed E-state index contributed by atoms with van der Waals surface area (Å²) in [5.41, 5.74) is 1.90. The first-order valence-corrected chi connectivity index (χ1v) is 11.0. The first-order valence-electron chi connectivity index (χ1n) is 10.2. The molecule has 0 aliphatic carbocycles. The molecule has 0 amide bonds. The maximum atomic E-state index is 13.3. The highest BCUT2D eigenvalue weighted by molar-refractivity contribution is 7.99. The van der Waals surface area contributed by atoms with E-state index in [1.54, 1.807) is 6.07 Å². The number of rotatable bonds is 5. The van der Waals surface area contributed by atoms with Crippen LogP contribution in [0.4, 0.5) is 17.6 Å². The van der Waals surface area contributed by atoms with Crippen molar-refractivity contribution in [3.63, 3.8) is 0 Å². The second-order valence-corrected chi connectivity index (χ2v) is 8.67. The van der Waals surface area contributed by atoms with Crippen LogP contribution in [0.15, 0.2) is 58.3 Å². The topological polar surface area (TPSA) is 6.48 Å². The van der Waals surface area contributed by atoms with Crippen molar-refractivity contribution in [2.75, 3.05) is 45.9 Å². The number of hydrogen-bond acceptors (Lipinski definition) is 3. The second-order valence-electron chi connectivity index (χ2n) is 7.59. The standard InChI is InChI=1S/C23H24F4N2S/c24-9-11-29-14-12-28(13-15-29)10-3-5-18-19-4-1-2-6-21(19)30-22-8-7-17(16-20(18)22)23(25,26)27/h1-2,4-8,16H,3,9-15H2. The van der Waals surface area contributed by atoms with Gasteiger partial charge in [0.2, 0.25) is 0 Å². The zero-order valence-corrected chi connectivity index (χ0v) is 17.4. The van der Waals surface area contributed by atoms with Crippen LogP contribution in [-0.2, 0) is 6.18 Å². The quantitative estimate of drug-likeness (QED) is 0.482. The summed E-state index contributed by atoms with van der Waals surface area (Å²) in [6, 6.07) is 11.9. The summed E-state index contributed by atoms with van der Waals surface area (Å²) in [5.74, 6) is 0. The van der Waals surface area contributed by atoms with Gasteiger partial charge >= 0.3 is 6.18 Å². The fourth-order valence-corrected chi connectivity index (χ4v) is 5.10. The van der Waals surface area contributed by atoms with E-state index in [2.05, 4.69) is 15.9 Å². The van der Waals surface area contributed by atoms with Gasteiger partial charge in [-0.05, 0) is 47.4 Å². The molecule has 0 saturated carbocycles. The van der Waals surface area contributed by atoms with Crippen LogP contribution in [0, 0.1) is 0 Å². The number of benzene rings is 2. The van der Waals surface area contributed by atoms with E-state index in [-0.39, 0.29) is 6.67 Å². The zero-order valence-electron chi connectivity index (χ0n) is 16.6. The van der Waals surface area contributed by atoms with Crippen molar-refractivity contribution in [3.05, 3.63) is 65.2 Å². The Morgan fingerprint density at radius 1 is 0.867 bits per heavy atom. The lowest BCUT2D eigenvalue weighted by Gasteiger charge is -2.34. The molecule has 4 rings (SSSR count). The molecule has 0 aromatic heterocycles. The molecule has 2 aromatic rings. The Labute approximate surface area is 178 Å². The monoisotopic (exact) mass is 436 g/mol. The van der Waals surface area contributed by atoms with Gasteiger partial charge in [0.25, 0.3) is 0 Å². The predicted molar refractivity (Wildman–Crippen MR) is 113 cm³/mol. The van der Waals surface area contributed by atoms with Crippen LogP contribution >= 0.6 is 11.8 Å². The summed E-state index contributed by atoms with van der Waals surface area (Å²) in [5, 5.41) is 0. The number of halogens is 4. The van der Waals surface area contributed by atoms with E-state index >= 15 is 0 Å². The Kier molecular flexibility index (Phi) is 6.51. The van der Waals surface area contributed by atoms with Gasteiger partial charge in [0.1, 0.15) is 6.67 Å². The molecule has 2 aliphatic heterocycles. The van der Waals surface area contributed by atoms with E-state index in [0.29, 0.717) is 12.1 Å². The summed E-state index contributed by atoms with van der Waals surface area (Å²) in [7, 11) is 0. The fourth-order valence-electron chi connectivity index (χ4n) is 4.01. The van der Waals surface area contributed by atoms with E-state index < -0.39 is 11.7 Å². The highest BCUT2D eigenvalue weighted by Crippen LogP contribution is 2.47. The second kappa shape index (κ2) is 9.12. The Bertz CT molecular complexity index is 918. The van der Waals surface area contributed by atoms with Gasteiger partial charge in [-0.3, -0.25) is 4.90 Å². The van der Waals surface area contributed by atoms with Crippen LogP contribution in [-0.4, -0.2) is 55.7 Å². The van der Waals surface area contributed by atoms with Gasteiger partial charge in [0, 0.05) is 49.1 Å². The van der Waals surface area contributed by atoms with Crippen molar-refractivity contribution in [1.82, 2.24) is 9.80 Å². The minimum Gasteiger partial charge on any atom is -0.300 e. The van der Waals surface area contributed by atoms with Crippen LogP contribution < -0.4 is 0 Å². The van der Waals surface area contributed by atoms with Crippen molar-refractivity contribution in [2.45, 2.75) is 22.4 Å². The third kappa shape index (κ3) is 4.74. The van der Waals surface area contributed by atoms with Crippen LogP contribution in [0.3, 0.4) is 0 Å². The Hall–Kier alpha value is -1.83. The van der Waals surface area contributed by atoms with Crippen molar-refractivity contribution in [1.29, 1.82) is 0 Å². The molecule has 30 heavy (non-hydrogen) atoms. The van der Waals surface area contributed by atoms with Crippen LogP contribution in [0.5, 0.6) is 0 Å². The normalized spacial score (nSPS) is 19.0. The summed E-state index contributed by atoms with van der Waals surface area (Å²) in [6.45, 7) is 4.52. The lowest BCUT2D eigenvalue weighted by Crippen LogP contribution is -2.47. The van der Waals surface area contributed by atoms with Crippen LogP contribution in [0.2, 0.25) is 0 Å². The summed E-state index contributed by atoms with van der Waals surface area (Å²) in [4.78, 5) is 6.38. The van der Waals surface area contributed by atoms with Gasteiger partial charge in [-0.15, -0.1) is 0 Å². The number of piperazine rings is 1. The molecular formula is C23H24F4N2S. The maximum Gasteiger partial charge on any atom is 0.416 e. The lowest BCUT2D eigenvalue weighted by molar-refractivity contribution is -0.137. The molecule has 160 valence electrons. The third-order valence-electron chi connectivity index (χ3n) is 5.65. The van der Waals surface area contributed by atoms with Crippen molar-refractivity contribution < 1.29 is 17.6 Å². The maximum absolute atomic E-state index is 13.3. The van der Waals surface area contributed by atoms with Gasteiger partial charge in [-0.2, -0.15) is 13.2 Å². The highest BCUT2D eigenvalue weighted by atomic mass is 32.2. The molecule has 0 N–H and O–H groups in total. The van der Waals surface area contributed by atoms with Gasteiger partial charge < -0.3 is 4.90 Å². The summed E-state index contributed by atoms with van der Waals surface area (Å²) < 4.78 is 52.4. The van der Waals surface area contributed by atoms with Crippen LogP contribution in [0.25, 0.3) is 5.57 Å². The van der Waals surface area contributed by atoms with Crippen LogP contribution in [0.1, 0.15) is 23.1 Å². The molecule has 0 radical (unpaired) electrons.